The van der Waals surface area contributed by atoms with E-state index in [4.69, 9.17) is 9.84 Å². The lowest BCUT2D eigenvalue weighted by Gasteiger charge is -2.13. The molecule has 3 N–H and O–H groups in total. The summed E-state index contributed by atoms with van der Waals surface area (Å²) in [4.78, 5) is 35.0. The third kappa shape index (κ3) is 3.35. The van der Waals surface area contributed by atoms with Crippen LogP contribution in [0.2, 0.25) is 0 Å². The first-order valence-electron chi connectivity index (χ1n) is 6.85. The van der Waals surface area contributed by atoms with Gasteiger partial charge in [0.05, 0.1) is 7.11 Å². The number of nitrogens with one attached hydrogen (secondary N) is 1. The summed E-state index contributed by atoms with van der Waals surface area (Å²) >= 11 is 0. The lowest BCUT2D eigenvalue weighted by molar-refractivity contribution is -0.138. The van der Waals surface area contributed by atoms with Gasteiger partial charge < -0.3 is 20.3 Å². The fourth-order valence-electron chi connectivity index (χ4n) is 1.91. The standard InChI is InChI=1S/C15H15N3O6/c1-8(15(22)23)16-14(21)13-10(19)7-12(20)18(17-13)9-5-3-4-6-11(9)24-2/h3-8,19H,1-2H3,(H,16,21)(H,22,23). The minimum absolute atomic E-state index is 0.269. The van der Waals surface area contributed by atoms with Crippen LogP contribution in [0.1, 0.15) is 17.4 Å². The molecule has 2 aromatic rings. The van der Waals surface area contributed by atoms with Gasteiger partial charge in [-0.15, -0.1) is 0 Å². The van der Waals surface area contributed by atoms with Gasteiger partial charge in [-0.2, -0.15) is 9.78 Å². The maximum atomic E-state index is 12.1. The lowest BCUT2D eigenvalue weighted by atomic mass is 10.2. The first-order chi connectivity index (χ1) is 11.3. The summed E-state index contributed by atoms with van der Waals surface area (Å²) in [7, 11) is 1.41. The number of amides is 1. The minimum atomic E-state index is -1.25. The second-order valence-corrected chi connectivity index (χ2v) is 4.83. The molecule has 9 nitrogen and oxygen atoms in total. The molecule has 1 atom stereocenters. The Hall–Kier alpha value is -3.36. The van der Waals surface area contributed by atoms with Crippen LogP contribution < -0.4 is 15.6 Å². The number of methoxy groups -OCH3 is 1. The van der Waals surface area contributed by atoms with Crippen molar-refractivity contribution in [3.8, 4) is 17.2 Å². The molecule has 1 amide bonds. The van der Waals surface area contributed by atoms with Crippen molar-refractivity contribution in [2.45, 2.75) is 13.0 Å². The Morgan fingerprint density at radius 1 is 1.33 bits per heavy atom. The van der Waals surface area contributed by atoms with E-state index in [0.717, 1.165) is 10.7 Å². The molecule has 0 fully saturated rings. The summed E-state index contributed by atoms with van der Waals surface area (Å²) in [6.07, 6.45) is 0. The minimum Gasteiger partial charge on any atom is -0.505 e. The number of ether oxygens (including phenoxy) is 1. The first kappa shape index (κ1) is 17.0. The van der Waals surface area contributed by atoms with E-state index in [1.54, 1.807) is 24.3 Å². The molecule has 24 heavy (non-hydrogen) atoms. The second kappa shape index (κ2) is 6.82. The predicted octanol–water partition coefficient (Wildman–Crippen LogP) is 0.150. The number of carbonyl (C=O) groups is 2. The molecule has 1 aromatic carbocycles. The first-order valence-corrected chi connectivity index (χ1v) is 6.85. The van der Waals surface area contributed by atoms with Gasteiger partial charge in [-0.05, 0) is 19.1 Å². The molecule has 0 saturated heterocycles. The molecule has 0 aliphatic carbocycles. The maximum Gasteiger partial charge on any atom is 0.325 e. The molecular formula is C15H15N3O6. The van der Waals surface area contributed by atoms with Crippen LogP contribution in [0.25, 0.3) is 5.69 Å². The van der Waals surface area contributed by atoms with Crippen LogP contribution >= 0.6 is 0 Å². The predicted molar refractivity (Wildman–Crippen MR) is 82.6 cm³/mol. The van der Waals surface area contributed by atoms with E-state index in [1.165, 1.54) is 14.0 Å². The number of rotatable bonds is 5. The number of benzene rings is 1. The van der Waals surface area contributed by atoms with Gasteiger partial charge in [0.2, 0.25) is 0 Å². The van der Waals surface area contributed by atoms with E-state index in [2.05, 4.69) is 10.4 Å². The Morgan fingerprint density at radius 2 is 2.00 bits per heavy atom. The van der Waals surface area contributed by atoms with Crippen molar-refractivity contribution >= 4 is 11.9 Å². The van der Waals surface area contributed by atoms with Crippen LogP contribution in [0.3, 0.4) is 0 Å². The summed E-state index contributed by atoms with van der Waals surface area (Å²) < 4.78 is 6.03. The van der Waals surface area contributed by atoms with E-state index >= 15 is 0 Å². The molecule has 0 aliphatic heterocycles. The smallest absolute Gasteiger partial charge is 0.325 e. The molecule has 0 saturated carbocycles. The van der Waals surface area contributed by atoms with Crippen LogP contribution in [0.15, 0.2) is 35.1 Å². The molecule has 9 heteroatoms. The highest BCUT2D eigenvalue weighted by molar-refractivity contribution is 5.96. The SMILES string of the molecule is COc1ccccc1-n1nc(C(=O)NC(C)C(=O)O)c(O)cc1=O. The van der Waals surface area contributed by atoms with Crippen molar-refractivity contribution in [1.82, 2.24) is 15.1 Å². The van der Waals surface area contributed by atoms with Crippen LogP contribution in [-0.2, 0) is 4.79 Å². The number of carbonyl (C=O) groups excluding carboxylic acids is 1. The monoisotopic (exact) mass is 333 g/mol. The molecule has 126 valence electrons. The van der Waals surface area contributed by atoms with Gasteiger partial charge in [0, 0.05) is 6.07 Å². The van der Waals surface area contributed by atoms with Crippen molar-refractivity contribution in [2.75, 3.05) is 7.11 Å². The summed E-state index contributed by atoms with van der Waals surface area (Å²) in [6.45, 7) is 1.26. The molecule has 1 unspecified atom stereocenters. The van der Waals surface area contributed by atoms with Crippen LogP contribution in [-0.4, -0.2) is 45.0 Å². The number of aromatic hydroxyl groups is 1. The third-order valence-corrected chi connectivity index (χ3v) is 3.16. The lowest BCUT2D eigenvalue weighted by Crippen LogP contribution is -2.39. The summed E-state index contributed by atoms with van der Waals surface area (Å²) in [5.41, 5.74) is -0.890. The Morgan fingerprint density at radius 3 is 2.62 bits per heavy atom. The number of para-hydroxylation sites is 2. The topological polar surface area (TPSA) is 131 Å². The molecule has 0 radical (unpaired) electrons. The van der Waals surface area contributed by atoms with E-state index in [-0.39, 0.29) is 5.69 Å². The Kier molecular flexibility index (Phi) is 4.83. The second-order valence-electron chi connectivity index (χ2n) is 4.83. The highest BCUT2D eigenvalue weighted by Gasteiger charge is 2.21. The van der Waals surface area contributed by atoms with Crippen LogP contribution in [0.4, 0.5) is 0 Å². The van der Waals surface area contributed by atoms with Crippen molar-refractivity contribution in [2.24, 2.45) is 0 Å². The Bertz CT molecular complexity index is 845. The van der Waals surface area contributed by atoms with Gasteiger partial charge in [0.1, 0.15) is 17.5 Å². The number of aromatic nitrogens is 2. The van der Waals surface area contributed by atoms with Crippen molar-refractivity contribution in [3.63, 3.8) is 0 Å². The number of hydrogen-bond donors (Lipinski definition) is 3. The van der Waals surface area contributed by atoms with Crippen molar-refractivity contribution < 1.29 is 24.5 Å². The number of hydrogen-bond acceptors (Lipinski definition) is 6. The molecule has 0 bridgehead atoms. The zero-order valence-corrected chi connectivity index (χ0v) is 12.9. The number of aliphatic carboxylic acids is 1. The quantitative estimate of drug-likeness (QED) is 0.710. The van der Waals surface area contributed by atoms with E-state index in [0.29, 0.717) is 5.75 Å². The normalized spacial score (nSPS) is 11.6. The third-order valence-electron chi connectivity index (χ3n) is 3.16. The van der Waals surface area contributed by atoms with Crippen molar-refractivity contribution in [1.29, 1.82) is 0 Å². The number of carboxylic acid groups (broad SMARTS) is 1. The van der Waals surface area contributed by atoms with E-state index in [1.807, 2.05) is 0 Å². The summed E-state index contributed by atoms with van der Waals surface area (Å²) in [5, 5.41) is 24.6. The molecule has 1 aromatic heterocycles. The van der Waals surface area contributed by atoms with Gasteiger partial charge >= 0.3 is 5.97 Å². The average Bonchev–Trinajstić information content (AvgIpc) is 2.54. The molecule has 0 spiro atoms. The molecule has 2 rings (SSSR count). The number of carboxylic acids is 1. The summed E-state index contributed by atoms with van der Waals surface area (Å²) in [6, 6.07) is 6.11. The van der Waals surface area contributed by atoms with Gasteiger partial charge in [-0.25, -0.2) is 0 Å². The molecule has 1 heterocycles. The Labute approximate surface area is 136 Å². The average molecular weight is 333 g/mol. The highest BCUT2D eigenvalue weighted by atomic mass is 16.5. The number of nitrogens with zero attached hydrogens (tertiary/aromatic N) is 2. The van der Waals surface area contributed by atoms with Crippen LogP contribution in [0, 0.1) is 0 Å². The maximum absolute atomic E-state index is 12.1. The molecular weight excluding hydrogens is 318 g/mol. The zero-order chi connectivity index (χ0) is 17.9. The van der Waals surface area contributed by atoms with E-state index in [9.17, 15) is 19.5 Å². The highest BCUT2D eigenvalue weighted by Crippen LogP contribution is 2.21. The Balaban J connectivity index is 2.51. The van der Waals surface area contributed by atoms with Gasteiger partial charge in [-0.3, -0.25) is 14.4 Å². The largest absolute Gasteiger partial charge is 0.505 e. The van der Waals surface area contributed by atoms with Gasteiger partial charge in [0.25, 0.3) is 11.5 Å². The zero-order valence-electron chi connectivity index (χ0n) is 12.9. The fourth-order valence-corrected chi connectivity index (χ4v) is 1.91. The summed E-state index contributed by atoms with van der Waals surface area (Å²) in [5.74, 6) is -2.49. The van der Waals surface area contributed by atoms with E-state index < -0.39 is 34.9 Å². The van der Waals surface area contributed by atoms with Crippen molar-refractivity contribution in [3.05, 3.63) is 46.4 Å². The fraction of sp³-hybridized carbons (Fsp3) is 0.200. The van der Waals surface area contributed by atoms with Crippen LogP contribution in [0.5, 0.6) is 11.5 Å². The molecule has 0 aliphatic rings. The van der Waals surface area contributed by atoms with Gasteiger partial charge in [0.15, 0.2) is 11.4 Å². The van der Waals surface area contributed by atoms with Gasteiger partial charge in [-0.1, -0.05) is 12.1 Å².